The van der Waals surface area contributed by atoms with Crippen molar-refractivity contribution in [3.05, 3.63) is 29.3 Å². The first-order chi connectivity index (χ1) is 10.9. The van der Waals surface area contributed by atoms with E-state index in [-0.39, 0.29) is 11.8 Å². The number of carbonyl (C=O) groups is 2. The highest BCUT2D eigenvalue weighted by Gasteiger charge is 2.39. The van der Waals surface area contributed by atoms with Gasteiger partial charge in [0.2, 0.25) is 5.91 Å². The second-order valence-corrected chi connectivity index (χ2v) is 7.05. The average molecular weight is 311 g/mol. The molecule has 2 amide bonds. The second-order valence-electron chi connectivity index (χ2n) is 7.05. The topological polar surface area (TPSA) is 82.0 Å². The molecule has 1 aromatic rings. The summed E-state index contributed by atoms with van der Waals surface area (Å²) in [6.07, 6.45) is 4.43. The maximum Gasteiger partial charge on any atom is 0.252 e. The Balaban J connectivity index is 1.83. The number of nitrogens with zero attached hydrogens (tertiary/aromatic N) is 1. The van der Waals surface area contributed by atoms with Crippen LogP contribution in [0.1, 0.15) is 61.9 Å². The first-order valence-corrected chi connectivity index (χ1v) is 8.08. The van der Waals surface area contributed by atoms with Gasteiger partial charge in [-0.25, -0.2) is 0 Å². The summed E-state index contributed by atoms with van der Waals surface area (Å²) in [5.74, 6) is -0.318. The number of hydrogen-bond donors (Lipinski definition) is 2. The van der Waals surface area contributed by atoms with Crippen LogP contribution in [0.3, 0.4) is 0 Å². The van der Waals surface area contributed by atoms with E-state index >= 15 is 0 Å². The van der Waals surface area contributed by atoms with Gasteiger partial charge in [-0.2, -0.15) is 5.26 Å². The molecule has 1 aliphatic heterocycles. The van der Waals surface area contributed by atoms with Crippen molar-refractivity contribution in [1.29, 1.82) is 5.26 Å². The van der Waals surface area contributed by atoms with Gasteiger partial charge in [0.25, 0.3) is 5.91 Å². The Morgan fingerprint density at radius 1 is 1.26 bits per heavy atom. The highest BCUT2D eigenvalue weighted by Crippen LogP contribution is 2.37. The van der Waals surface area contributed by atoms with Crippen molar-refractivity contribution in [3.63, 3.8) is 0 Å². The van der Waals surface area contributed by atoms with E-state index < -0.39 is 11.0 Å². The number of nitrogens with one attached hydrogen (secondary N) is 2. The van der Waals surface area contributed by atoms with Crippen molar-refractivity contribution in [1.82, 2.24) is 5.32 Å². The summed E-state index contributed by atoms with van der Waals surface area (Å²) >= 11 is 0. The van der Waals surface area contributed by atoms with E-state index in [1.165, 1.54) is 0 Å². The van der Waals surface area contributed by atoms with E-state index in [4.69, 9.17) is 0 Å². The fourth-order valence-electron chi connectivity index (χ4n) is 3.44. The van der Waals surface area contributed by atoms with Gasteiger partial charge in [-0.05, 0) is 44.4 Å². The molecule has 1 aromatic carbocycles. The number of amides is 2. The van der Waals surface area contributed by atoms with Gasteiger partial charge in [-0.1, -0.05) is 25.3 Å². The van der Waals surface area contributed by atoms with Gasteiger partial charge < -0.3 is 10.6 Å². The molecule has 1 fully saturated rings. The lowest BCUT2D eigenvalue weighted by Crippen LogP contribution is -2.48. The van der Waals surface area contributed by atoms with Crippen molar-refractivity contribution in [2.75, 3.05) is 5.32 Å². The third-order valence-corrected chi connectivity index (χ3v) is 5.04. The Hall–Kier alpha value is -2.35. The molecular weight excluding hydrogens is 290 g/mol. The first kappa shape index (κ1) is 15.5. The lowest BCUT2D eigenvalue weighted by atomic mass is 9.82. The molecule has 120 valence electrons. The van der Waals surface area contributed by atoms with E-state index in [0.717, 1.165) is 24.8 Å². The van der Waals surface area contributed by atoms with Crippen LogP contribution in [0.2, 0.25) is 0 Å². The van der Waals surface area contributed by atoms with Crippen molar-refractivity contribution in [2.45, 2.75) is 56.9 Å². The lowest BCUT2D eigenvalue weighted by Gasteiger charge is -2.31. The lowest BCUT2D eigenvalue weighted by molar-refractivity contribution is -0.119. The third kappa shape index (κ3) is 2.59. The predicted molar refractivity (Wildman–Crippen MR) is 87.0 cm³/mol. The molecule has 1 heterocycles. The summed E-state index contributed by atoms with van der Waals surface area (Å²) < 4.78 is 0. The molecule has 0 radical (unpaired) electrons. The molecule has 0 unspecified atom stereocenters. The summed E-state index contributed by atoms with van der Waals surface area (Å²) in [4.78, 5) is 24.5. The molecular formula is C18H21N3O2. The van der Waals surface area contributed by atoms with Gasteiger partial charge in [-0.15, -0.1) is 0 Å². The van der Waals surface area contributed by atoms with Crippen LogP contribution in [0.4, 0.5) is 5.69 Å². The van der Waals surface area contributed by atoms with Crippen LogP contribution >= 0.6 is 0 Å². The first-order valence-electron chi connectivity index (χ1n) is 8.08. The van der Waals surface area contributed by atoms with Crippen molar-refractivity contribution in [3.8, 4) is 6.07 Å². The number of nitriles is 1. The fraction of sp³-hybridized carbons (Fsp3) is 0.500. The predicted octanol–water partition coefficient (Wildman–Crippen LogP) is 2.87. The zero-order valence-electron chi connectivity index (χ0n) is 13.5. The Bertz CT molecular complexity index is 709. The van der Waals surface area contributed by atoms with Gasteiger partial charge in [0.1, 0.15) is 5.54 Å². The average Bonchev–Trinajstić information content (AvgIpc) is 2.77. The Morgan fingerprint density at radius 2 is 1.96 bits per heavy atom. The molecule has 2 aliphatic rings. The molecule has 0 bridgehead atoms. The van der Waals surface area contributed by atoms with Crippen LogP contribution < -0.4 is 10.6 Å². The molecule has 2 N–H and O–H groups in total. The SMILES string of the molecule is CC1(C)C(=O)Nc2cc(C(=O)NC3(C#N)CCCCC3)ccc21. The van der Waals surface area contributed by atoms with E-state index in [0.29, 0.717) is 24.1 Å². The largest absolute Gasteiger partial charge is 0.334 e. The minimum atomic E-state index is -0.753. The van der Waals surface area contributed by atoms with E-state index in [9.17, 15) is 14.9 Å². The summed E-state index contributed by atoms with van der Waals surface area (Å²) in [5, 5.41) is 15.2. The molecule has 1 saturated carbocycles. The highest BCUT2D eigenvalue weighted by molar-refractivity contribution is 6.07. The zero-order chi connectivity index (χ0) is 16.7. The zero-order valence-corrected chi connectivity index (χ0v) is 13.5. The molecule has 1 aliphatic carbocycles. The summed E-state index contributed by atoms with van der Waals surface area (Å²) in [6.45, 7) is 3.72. The molecule has 23 heavy (non-hydrogen) atoms. The molecule has 5 heteroatoms. The number of anilines is 1. The third-order valence-electron chi connectivity index (χ3n) is 5.04. The molecule has 5 nitrogen and oxygen atoms in total. The Labute approximate surface area is 136 Å². The molecule has 3 rings (SSSR count). The van der Waals surface area contributed by atoms with E-state index in [2.05, 4.69) is 16.7 Å². The molecule has 0 spiro atoms. The van der Waals surface area contributed by atoms with Gasteiger partial charge >= 0.3 is 0 Å². The van der Waals surface area contributed by atoms with Crippen LogP contribution in [0, 0.1) is 11.3 Å². The quantitative estimate of drug-likeness (QED) is 0.881. The monoisotopic (exact) mass is 311 g/mol. The smallest absolute Gasteiger partial charge is 0.252 e. The van der Waals surface area contributed by atoms with Crippen LogP contribution in [0.5, 0.6) is 0 Å². The van der Waals surface area contributed by atoms with Crippen LogP contribution in [-0.4, -0.2) is 17.4 Å². The van der Waals surface area contributed by atoms with Gasteiger partial charge in [0.05, 0.1) is 11.5 Å². The molecule has 0 saturated heterocycles. The summed E-state index contributed by atoms with van der Waals surface area (Å²) in [6, 6.07) is 7.54. The van der Waals surface area contributed by atoms with Crippen molar-refractivity contribution >= 4 is 17.5 Å². The number of rotatable bonds is 2. The van der Waals surface area contributed by atoms with E-state index in [1.807, 2.05) is 19.9 Å². The minimum Gasteiger partial charge on any atom is -0.334 e. The Kier molecular flexibility index (Phi) is 3.63. The molecule has 0 atom stereocenters. The fourth-order valence-corrected chi connectivity index (χ4v) is 3.44. The maximum absolute atomic E-state index is 12.5. The molecule has 0 aromatic heterocycles. The summed E-state index contributed by atoms with van der Waals surface area (Å²) in [5.41, 5.74) is 0.717. The normalized spacial score (nSPS) is 21.0. The van der Waals surface area contributed by atoms with Crippen LogP contribution in [0.15, 0.2) is 18.2 Å². The van der Waals surface area contributed by atoms with Crippen LogP contribution in [0.25, 0.3) is 0 Å². The number of benzene rings is 1. The maximum atomic E-state index is 12.5. The summed E-state index contributed by atoms with van der Waals surface area (Å²) in [7, 11) is 0. The Morgan fingerprint density at radius 3 is 2.61 bits per heavy atom. The van der Waals surface area contributed by atoms with Crippen molar-refractivity contribution < 1.29 is 9.59 Å². The van der Waals surface area contributed by atoms with E-state index in [1.54, 1.807) is 12.1 Å². The second kappa shape index (κ2) is 5.38. The van der Waals surface area contributed by atoms with Gasteiger partial charge in [0, 0.05) is 11.3 Å². The number of fused-ring (bicyclic) bond motifs is 1. The van der Waals surface area contributed by atoms with Crippen LogP contribution in [-0.2, 0) is 10.2 Å². The van der Waals surface area contributed by atoms with Crippen molar-refractivity contribution in [2.24, 2.45) is 0 Å². The number of carbonyl (C=O) groups excluding carboxylic acids is 2. The minimum absolute atomic E-state index is 0.0640. The standard InChI is InChI=1S/C18H21N3O2/c1-17(2)13-7-6-12(10-14(13)20-16(17)23)15(22)21-18(11-19)8-4-3-5-9-18/h6-7,10H,3-5,8-9H2,1-2H3,(H,20,23)(H,21,22). The van der Waals surface area contributed by atoms with Gasteiger partial charge in [0.15, 0.2) is 0 Å². The van der Waals surface area contributed by atoms with Gasteiger partial charge in [-0.3, -0.25) is 9.59 Å². The highest BCUT2D eigenvalue weighted by atomic mass is 16.2. The number of hydrogen-bond acceptors (Lipinski definition) is 3.